The Bertz CT molecular complexity index is 476. The monoisotopic (exact) mass is 351 g/mol. The first kappa shape index (κ1) is 15.4. The number of hydrogen-bond acceptors (Lipinski definition) is 2. The lowest BCUT2D eigenvalue weighted by Crippen LogP contribution is -2.29. The molecule has 2 aliphatic rings. The Balaban J connectivity index is 1.67. The third-order valence-corrected chi connectivity index (χ3v) is 5.10. The summed E-state index contributed by atoms with van der Waals surface area (Å²) < 4.78 is 7.51. The Morgan fingerprint density at radius 2 is 1.86 bits per heavy atom. The summed E-state index contributed by atoms with van der Waals surface area (Å²) in [6.07, 6.45) is 6.75. The highest BCUT2D eigenvalue weighted by atomic mass is 79.9. The van der Waals surface area contributed by atoms with E-state index in [-0.39, 0.29) is 0 Å². The van der Waals surface area contributed by atoms with Gasteiger partial charge in [-0.15, -0.1) is 0 Å². The number of halogens is 1. The first-order valence-corrected chi connectivity index (χ1v) is 9.08. The number of ether oxygens (including phenoxy) is 1. The van der Waals surface area contributed by atoms with Gasteiger partial charge in [0.1, 0.15) is 5.75 Å². The van der Waals surface area contributed by atoms with Gasteiger partial charge in [-0.3, -0.25) is 0 Å². The van der Waals surface area contributed by atoms with E-state index < -0.39 is 0 Å². The predicted molar refractivity (Wildman–Crippen MR) is 90.6 cm³/mol. The van der Waals surface area contributed by atoms with Gasteiger partial charge in [0.25, 0.3) is 0 Å². The van der Waals surface area contributed by atoms with Crippen molar-refractivity contribution in [1.29, 1.82) is 0 Å². The molecule has 0 saturated heterocycles. The van der Waals surface area contributed by atoms with Gasteiger partial charge in [0.2, 0.25) is 0 Å². The first-order chi connectivity index (χ1) is 10.1. The van der Waals surface area contributed by atoms with Crippen LogP contribution in [0.5, 0.6) is 5.75 Å². The standard InChI is InChI=1S/C18H26BrNO/c1-12-7-13(2)9-17(8-12)21-18-6-3-15(19)10-14(18)11-20-16-4-5-16/h3,6,10,12-13,16-17,20H,4-5,7-9,11H2,1-2H3. The van der Waals surface area contributed by atoms with E-state index in [0.717, 1.165) is 34.6 Å². The summed E-state index contributed by atoms with van der Waals surface area (Å²) in [6, 6.07) is 7.14. The van der Waals surface area contributed by atoms with Gasteiger partial charge in [0, 0.05) is 22.6 Å². The summed E-state index contributed by atoms with van der Waals surface area (Å²) in [5.41, 5.74) is 1.28. The molecule has 0 aromatic heterocycles. The number of rotatable bonds is 5. The van der Waals surface area contributed by atoms with Crippen LogP contribution in [0, 0.1) is 11.8 Å². The molecule has 21 heavy (non-hydrogen) atoms. The summed E-state index contributed by atoms with van der Waals surface area (Å²) in [6.45, 7) is 5.61. The zero-order chi connectivity index (χ0) is 14.8. The number of hydrogen-bond donors (Lipinski definition) is 1. The lowest BCUT2D eigenvalue weighted by atomic mass is 9.82. The molecule has 0 heterocycles. The molecule has 0 radical (unpaired) electrons. The van der Waals surface area contributed by atoms with Crippen LogP contribution in [0.15, 0.2) is 22.7 Å². The molecule has 3 heteroatoms. The van der Waals surface area contributed by atoms with Crippen LogP contribution >= 0.6 is 15.9 Å². The molecule has 2 fully saturated rings. The minimum atomic E-state index is 0.379. The largest absolute Gasteiger partial charge is 0.490 e. The zero-order valence-corrected chi connectivity index (χ0v) is 14.7. The Morgan fingerprint density at radius 1 is 1.14 bits per heavy atom. The van der Waals surface area contributed by atoms with E-state index in [1.165, 1.54) is 37.7 Å². The van der Waals surface area contributed by atoms with Crippen LogP contribution < -0.4 is 10.1 Å². The summed E-state index contributed by atoms with van der Waals surface area (Å²) in [5, 5.41) is 3.59. The average molecular weight is 352 g/mol. The minimum absolute atomic E-state index is 0.379. The molecule has 2 unspecified atom stereocenters. The molecule has 0 bridgehead atoms. The second-order valence-electron chi connectivity index (χ2n) is 7.06. The zero-order valence-electron chi connectivity index (χ0n) is 13.1. The fourth-order valence-electron chi connectivity index (χ4n) is 3.49. The van der Waals surface area contributed by atoms with Crippen molar-refractivity contribution in [2.75, 3.05) is 0 Å². The predicted octanol–water partition coefficient (Wildman–Crippen LogP) is 4.90. The molecule has 1 aromatic carbocycles. The topological polar surface area (TPSA) is 21.3 Å². The normalized spacial score (nSPS) is 29.4. The quantitative estimate of drug-likeness (QED) is 0.813. The van der Waals surface area contributed by atoms with Crippen molar-refractivity contribution < 1.29 is 4.74 Å². The summed E-state index contributed by atoms with van der Waals surface area (Å²) in [7, 11) is 0. The third-order valence-electron chi connectivity index (χ3n) is 4.61. The summed E-state index contributed by atoms with van der Waals surface area (Å²) in [4.78, 5) is 0. The molecule has 2 saturated carbocycles. The minimum Gasteiger partial charge on any atom is -0.490 e. The number of benzene rings is 1. The van der Waals surface area contributed by atoms with Crippen LogP contribution in [0.4, 0.5) is 0 Å². The first-order valence-electron chi connectivity index (χ1n) is 8.28. The SMILES string of the molecule is CC1CC(C)CC(Oc2ccc(Br)cc2CNC2CC2)C1. The molecular weight excluding hydrogens is 326 g/mol. The molecule has 116 valence electrons. The van der Waals surface area contributed by atoms with E-state index in [1.54, 1.807) is 0 Å². The molecule has 0 spiro atoms. The van der Waals surface area contributed by atoms with Crippen molar-refractivity contribution in [1.82, 2.24) is 5.32 Å². The van der Waals surface area contributed by atoms with Gasteiger partial charge in [-0.05, 0) is 62.1 Å². The van der Waals surface area contributed by atoms with E-state index in [2.05, 4.69) is 53.3 Å². The van der Waals surface area contributed by atoms with Gasteiger partial charge in [0.05, 0.1) is 6.10 Å². The van der Waals surface area contributed by atoms with E-state index in [0.29, 0.717) is 6.10 Å². The van der Waals surface area contributed by atoms with Crippen LogP contribution in [0.2, 0.25) is 0 Å². The van der Waals surface area contributed by atoms with E-state index in [4.69, 9.17) is 4.74 Å². The second kappa shape index (κ2) is 6.70. The van der Waals surface area contributed by atoms with Gasteiger partial charge in [-0.25, -0.2) is 0 Å². The van der Waals surface area contributed by atoms with Crippen LogP contribution in [0.1, 0.15) is 51.5 Å². The maximum absolute atomic E-state index is 6.37. The highest BCUT2D eigenvalue weighted by Gasteiger charge is 2.26. The Hall–Kier alpha value is -0.540. The summed E-state index contributed by atoms with van der Waals surface area (Å²) >= 11 is 3.58. The van der Waals surface area contributed by atoms with Crippen molar-refractivity contribution >= 4 is 15.9 Å². The summed E-state index contributed by atoms with van der Waals surface area (Å²) in [5.74, 6) is 2.63. The fourth-order valence-corrected chi connectivity index (χ4v) is 3.90. The van der Waals surface area contributed by atoms with Gasteiger partial charge in [0.15, 0.2) is 0 Å². The van der Waals surface area contributed by atoms with Crippen molar-refractivity contribution in [2.45, 2.75) is 64.6 Å². The molecule has 2 atom stereocenters. The van der Waals surface area contributed by atoms with Gasteiger partial charge in [-0.2, -0.15) is 0 Å². The van der Waals surface area contributed by atoms with Gasteiger partial charge in [-0.1, -0.05) is 29.8 Å². The van der Waals surface area contributed by atoms with Crippen molar-refractivity contribution in [2.24, 2.45) is 11.8 Å². The van der Waals surface area contributed by atoms with Crippen LogP contribution in [-0.4, -0.2) is 12.1 Å². The van der Waals surface area contributed by atoms with Crippen molar-refractivity contribution in [3.8, 4) is 5.75 Å². The molecule has 2 aliphatic carbocycles. The molecular formula is C18H26BrNO. The van der Waals surface area contributed by atoms with Crippen molar-refractivity contribution in [3.05, 3.63) is 28.2 Å². The molecule has 1 N–H and O–H groups in total. The molecule has 2 nitrogen and oxygen atoms in total. The maximum atomic E-state index is 6.37. The lowest BCUT2D eigenvalue weighted by Gasteiger charge is -2.32. The Kier molecular flexibility index (Phi) is 4.90. The molecule has 3 rings (SSSR count). The number of nitrogens with one attached hydrogen (secondary N) is 1. The van der Waals surface area contributed by atoms with Gasteiger partial charge >= 0.3 is 0 Å². The van der Waals surface area contributed by atoms with Crippen LogP contribution in [0.3, 0.4) is 0 Å². The maximum Gasteiger partial charge on any atom is 0.124 e. The van der Waals surface area contributed by atoms with E-state index in [9.17, 15) is 0 Å². The highest BCUT2D eigenvalue weighted by molar-refractivity contribution is 9.10. The van der Waals surface area contributed by atoms with Crippen LogP contribution in [0.25, 0.3) is 0 Å². The molecule has 0 amide bonds. The Morgan fingerprint density at radius 3 is 2.52 bits per heavy atom. The highest BCUT2D eigenvalue weighted by Crippen LogP contribution is 2.33. The fraction of sp³-hybridized carbons (Fsp3) is 0.667. The molecule has 0 aliphatic heterocycles. The smallest absolute Gasteiger partial charge is 0.124 e. The van der Waals surface area contributed by atoms with E-state index >= 15 is 0 Å². The van der Waals surface area contributed by atoms with Crippen molar-refractivity contribution in [3.63, 3.8) is 0 Å². The third kappa shape index (κ3) is 4.46. The van der Waals surface area contributed by atoms with E-state index in [1.807, 2.05) is 0 Å². The average Bonchev–Trinajstić information content (AvgIpc) is 3.22. The lowest BCUT2D eigenvalue weighted by molar-refractivity contribution is 0.0999. The second-order valence-corrected chi connectivity index (χ2v) is 7.98. The Labute approximate surface area is 136 Å². The molecule has 1 aromatic rings. The van der Waals surface area contributed by atoms with Gasteiger partial charge < -0.3 is 10.1 Å². The van der Waals surface area contributed by atoms with Crippen LogP contribution in [-0.2, 0) is 6.54 Å².